The minimum absolute atomic E-state index is 0.0768. The molecule has 1 amide bonds. The molecule has 2 aromatic carbocycles. The standard InChI is InChI=1S/C26H32ClN3O4S/c1-20-6-5-13-30(19-20)35(32,33)22-10-11-25(34-2)24(18-22)28-14-16-29(17-15-28)26(31)12-9-21-7-3-4-8-23(21)27/h3-4,7-12,18,20H,5-6,13-17,19H2,1-2H3/b12-9+/t20-/m0/s1. The van der Waals surface area contributed by atoms with E-state index < -0.39 is 10.0 Å². The van der Waals surface area contributed by atoms with Crippen LogP contribution in [0.3, 0.4) is 0 Å². The lowest BCUT2D eigenvalue weighted by molar-refractivity contribution is -0.126. The summed E-state index contributed by atoms with van der Waals surface area (Å²) >= 11 is 6.17. The van der Waals surface area contributed by atoms with E-state index in [4.69, 9.17) is 16.3 Å². The molecular formula is C26H32ClN3O4S. The molecule has 35 heavy (non-hydrogen) atoms. The van der Waals surface area contributed by atoms with Crippen LogP contribution in [0.25, 0.3) is 6.08 Å². The topological polar surface area (TPSA) is 70.2 Å². The molecule has 0 spiro atoms. The Morgan fingerprint density at radius 1 is 1.09 bits per heavy atom. The summed E-state index contributed by atoms with van der Waals surface area (Å²) in [6, 6.07) is 12.4. The van der Waals surface area contributed by atoms with Crippen molar-refractivity contribution in [2.75, 3.05) is 51.3 Å². The van der Waals surface area contributed by atoms with E-state index in [9.17, 15) is 13.2 Å². The summed E-state index contributed by atoms with van der Waals surface area (Å²) in [6.07, 6.45) is 5.21. The molecule has 4 rings (SSSR count). The van der Waals surface area contributed by atoms with Gasteiger partial charge in [0.05, 0.1) is 17.7 Å². The summed E-state index contributed by atoms with van der Waals surface area (Å²) in [7, 11) is -1.99. The van der Waals surface area contributed by atoms with E-state index in [2.05, 4.69) is 11.8 Å². The fraction of sp³-hybridized carbons (Fsp3) is 0.423. The molecule has 2 fully saturated rings. The SMILES string of the molecule is COc1ccc(S(=O)(=O)N2CCC[C@H](C)C2)cc1N1CCN(C(=O)/C=C/c2ccccc2Cl)CC1. The number of sulfonamides is 1. The molecular weight excluding hydrogens is 486 g/mol. The Morgan fingerprint density at radius 2 is 1.83 bits per heavy atom. The summed E-state index contributed by atoms with van der Waals surface area (Å²) in [6.45, 7) is 5.39. The van der Waals surface area contributed by atoms with Gasteiger partial charge in [0, 0.05) is 50.4 Å². The van der Waals surface area contributed by atoms with Gasteiger partial charge >= 0.3 is 0 Å². The lowest BCUT2D eigenvalue weighted by atomic mass is 10.0. The first kappa shape index (κ1) is 25.5. The monoisotopic (exact) mass is 517 g/mol. The highest BCUT2D eigenvalue weighted by molar-refractivity contribution is 7.89. The molecule has 9 heteroatoms. The second-order valence-electron chi connectivity index (χ2n) is 9.11. The molecule has 0 aromatic heterocycles. The molecule has 0 saturated carbocycles. The van der Waals surface area contributed by atoms with E-state index in [-0.39, 0.29) is 10.8 Å². The number of halogens is 1. The van der Waals surface area contributed by atoms with Gasteiger partial charge in [0.2, 0.25) is 15.9 Å². The second kappa shape index (κ2) is 11.0. The highest BCUT2D eigenvalue weighted by atomic mass is 35.5. The number of piperazine rings is 1. The molecule has 1 atom stereocenters. The molecule has 2 heterocycles. The number of hydrogen-bond donors (Lipinski definition) is 0. The molecule has 2 aliphatic heterocycles. The molecule has 0 N–H and O–H groups in total. The van der Waals surface area contributed by atoms with Crippen molar-refractivity contribution in [3.8, 4) is 5.75 Å². The van der Waals surface area contributed by atoms with E-state index >= 15 is 0 Å². The van der Waals surface area contributed by atoms with Crippen LogP contribution in [0.1, 0.15) is 25.3 Å². The Bertz CT molecular complexity index is 1190. The third kappa shape index (κ3) is 5.82. The fourth-order valence-electron chi connectivity index (χ4n) is 4.64. The molecule has 2 aromatic rings. The Balaban J connectivity index is 1.46. The maximum absolute atomic E-state index is 13.3. The number of benzene rings is 2. The van der Waals surface area contributed by atoms with Gasteiger partial charge in [0.1, 0.15) is 5.75 Å². The number of methoxy groups -OCH3 is 1. The lowest BCUT2D eigenvalue weighted by Gasteiger charge is -2.36. The van der Waals surface area contributed by atoms with Gasteiger partial charge in [-0.3, -0.25) is 4.79 Å². The van der Waals surface area contributed by atoms with Gasteiger partial charge in [-0.05, 0) is 54.7 Å². The van der Waals surface area contributed by atoms with Gasteiger partial charge < -0.3 is 14.5 Å². The van der Waals surface area contributed by atoms with E-state index in [0.717, 1.165) is 24.1 Å². The summed E-state index contributed by atoms with van der Waals surface area (Å²) < 4.78 is 33.8. The van der Waals surface area contributed by atoms with Crippen molar-refractivity contribution in [3.05, 3.63) is 59.1 Å². The van der Waals surface area contributed by atoms with Crippen molar-refractivity contribution in [2.24, 2.45) is 5.92 Å². The quantitative estimate of drug-likeness (QED) is 0.539. The van der Waals surface area contributed by atoms with Crippen LogP contribution in [0.15, 0.2) is 53.4 Å². The van der Waals surface area contributed by atoms with E-state index in [1.807, 2.05) is 18.2 Å². The van der Waals surface area contributed by atoms with E-state index in [1.54, 1.807) is 52.7 Å². The van der Waals surface area contributed by atoms with E-state index in [1.165, 1.54) is 0 Å². The van der Waals surface area contributed by atoms with Crippen LogP contribution in [0, 0.1) is 5.92 Å². The number of ether oxygens (including phenoxy) is 1. The maximum atomic E-state index is 13.3. The molecule has 188 valence electrons. The van der Waals surface area contributed by atoms with Crippen LogP contribution >= 0.6 is 11.6 Å². The molecule has 0 radical (unpaired) electrons. The number of carbonyl (C=O) groups is 1. The fourth-order valence-corrected chi connectivity index (χ4v) is 6.45. The Kier molecular flexibility index (Phi) is 8.04. The number of nitrogens with zero attached hydrogens (tertiary/aromatic N) is 3. The Morgan fingerprint density at radius 3 is 2.51 bits per heavy atom. The van der Waals surface area contributed by atoms with Gasteiger partial charge in [-0.15, -0.1) is 0 Å². The molecule has 0 unspecified atom stereocenters. The average molecular weight is 518 g/mol. The number of amides is 1. The predicted molar refractivity (Wildman–Crippen MR) is 139 cm³/mol. The van der Waals surface area contributed by atoms with Crippen LogP contribution < -0.4 is 9.64 Å². The first-order valence-corrected chi connectivity index (χ1v) is 13.8. The smallest absolute Gasteiger partial charge is 0.246 e. The third-order valence-corrected chi connectivity index (χ3v) is 8.86. The summed E-state index contributed by atoms with van der Waals surface area (Å²) in [4.78, 5) is 16.9. The maximum Gasteiger partial charge on any atom is 0.246 e. The number of hydrogen-bond acceptors (Lipinski definition) is 5. The Hall–Kier alpha value is -2.55. The molecule has 2 saturated heterocycles. The van der Waals surface area contributed by atoms with Gasteiger partial charge in [-0.1, -0.05) is 36.7 Å². The number of rotatable bonds is 6. The average Bonchev–Trinajstić information content (AvgIpc) is 2.87. The van der Waals surface area contributed by atoms with Crippen molar-refractivity contribution >= 4 is 39.3 Å². The van der Waals surface area contributed by atoms with Crippen molar-refractivity contribution in [3.63, 3.8) is 0 Å². The normalized spacial score (nSPS) is 19.8. The van der Waals surface area contributed by atoms with Crippen molar-refractivity contribution in [2.45, 2.75) is 24.7 Å². The van der Waals surface area contributed by atoms with Crippen molar-refractivity contribution < 1.29 is 17.9 Å². The van der Waals surface area contributed by atoms with Crippen LogP contribution in [0.2, 0.25) is 5.02 Å². The highest BCUT2D eigenvalue weighted by Gasteiger charge is 2.30. The van der Waals surface area contributed by atoms with Crippen LogP contribution in [0.4, 0.5) is 5.69 Å². The molecule has 0 aliphatic carbocycles. The number of piperidine rings is 1. The second-order valence-corrected chi connectivity index (χ2v) is 11.5. The zero-order valence-electron chi connectivity index (χ0n) is 20.2. The number of anilines is 1. The first-order chi connectivity index (χ1) is 16.8. The van der Waals surface area contributed by atoms with Crippen molar-refractivity contribution in [1.82, 2.24) is 9.21 Å². The van der Waals surface area contributed by atoms with Gasteiger partial charge in [0.25, 0.3) is 0 Å². The predicted octanol–water partition coefficient (Wildman–Crippen LogP) is 4.13. The summed E-state index contributed by atoms with van der Waals surface area (Å²) in [5.41, 5.74) is 1.53. The van der Waals surface area contributed by atoms with Gasteiger partial charge in [-0.2, -0.15) is 4.31 Å². The van der Waals surface area contributed by atoms with Crippen molar-refractivity contribution in [1.29, 1.82) is 0 Å². The highest BCUT2D eigenvalue weighted by Crippen LogP contribution is 2.33. The molecule has 2 aliphatic rings. The van der Waals surface area contributed by atoms with E-state index in [0.29, 0.717) is 56.0 Å². The largest absolute Gasteiger partial charge is 0.495 e. The molecule has 0 bridgehead atoms. The van der Waals surface area contributed by atoms with Gasteiger partial charge in [0.15, 0.2) is 0 Å². The Labute approximate surface area is 213 Å². The first-order valence-electron chi connectivity index (χ1n) is 11.9. The van der Waals surface area contributed by atoms with Crippen LogP contribution in [0.5, 0.6) is 5.75 Å². The minimum atomic E-state index is -3.58. The minimum Gasteiger partial charge on any atom is -0.495 e. The lowest BCUT2D eigenvalue weighted by Crippen LogP contribution is -2.48. The molecule has 7 nitrogen and oxygen atoms in total. The van der Waals surface area contributed by atoms with Crippen LogP contribution in [-0.4, -0.2) is 69.9 Å². The zero-order valence-corrected chi connectivity index (χ0v) is 21.8. The third-order valence-electron chi connectivity index (χ3n) is 6.65. The van der Waals surface area contributed by atoms with Crippen LogP contribution in [-0.2, 0) is 14.8 Å². The van der Waals surface area contributed by atoms with Gasteiger partial charge in [-0.25, -0.2) is 8.42 Å². The zero-order chi connectivity index (χ0) is 25.0. The summed E-state index contributed by atoms with van der Waals surface area (Å²) in [5.74, 6) is 0.898. The number of carbonyl (C=O) groups excluding carboxylic acids is 1. The summed E-state index contributed by atoms with van der Waals surface area (Å²) in [5, 5.41) is 0.599.